The van der Waals surface area contributed by atoms with Gasteiger partial charge in [0.1, 0.15) is 0 Å². The molecule has 2 nitrogen and oxygen atoms in total. The van der Waals surface area contributed by atoms with Crippen LogP contribution in [0.2, 0.25) is 0 Å². The van der Waals surface area contributed by atoms with Crippen LogP contribution in [0.1, 0.15) is 200 Å². The predicted octanol–water partition coefficient (Wildman–Crippen LogP) is 13.2. The Bertz CT molecular complexity index is 543. The molecule has 2 atom stereocenters. The molecular weight excluding hydrogens is 529 g/mol. The third-order valence-corrected chi connectivity index (χ3v) is 11.0. The summed E-state index contributed by atoms with van der Waals surface area (Å²) in [6.07, 6.45) is 45.6. The highest BCUT2D eigenvalue weighted by atomic mass is 31.1. The molecule has 0 fully saturated rings. The lowest BCUT2D eigenvalue weighted by atomic mass is 10.0. The first-order valence-corrected chi connectivity index (χ1v) is 20.4. The van der Waals surface area contributed by atoms with Gasteiger partial charge in [-0.25, -0.2) is 0 Å². The molecule has 0 saturated carbocycles. The summed E-state index contributed by atoms with van der Waals surface area (Å²) in [5, 5.41) is 11.0. The molecule has 0 saturated heterocycles. The molecule has 1 N–H and O–H groups in total. The Kier molecular flexibility index (Phi) is 32.6. The van der Waals surface area contributed by atoms with E-state index in [0.717, 1.165) is 10.9 Å². The molecule has 42 heavy (non-hydrogen) atoms. The van der Waals surface area contributed by atoms with Gasteiger partial charge in [-0.1, -0.05) is 180 Å². The van der Waals surface area contributed by atoms with Crippen LogP contribution < -0.4 is 0 Å². The largest absolute Gasteiger partial charge is 0.471 e. The van der Waals surface area contributed by atoms with E-state index in [-0.39, 0.29) is 6.10 Å². The fourth-order valence-electron chi connectivity index (χ4n) is 6.16. The summed E-state index contributed by atoms with van der Waals surface area (Å²) in [6, 6.07) is 0. The van der Waals surface area contributed by atoms with Crippen molar-refractivity contribution in [3.8, 4) is 0 Å². The van der Waals surface area contributed by atoms with Gasteiger partial charge in [0, 0.05) is 0 Å². The van der Waals surface area contributed by atoms with E-state index in [9.17, 15) is 5.11 Å². The van der Waals surface area contributed by atoms with E-state index in [4.69, 9.17) is 0 Å². The summed E-state index contributed by atoms with van der Waals surface area (Å²) in [5.41, 5.74) is 0. The van der Waals surface area contributed by atoms with Crippen LogP contribution in [0.5, 0.6) is 0 Å². The predicted molar refractivity (Wildman–Crippen MR) is 194 cm³/mol. The van der Waals surface area contributed by atoms with Crippen LogP contribution in [0.15, 0.2) is 12.2 Å². The SMILES string of the molecule is CCCCCCCC/C=C\CCCCCCCC[P-]C(C(O)CCCCCCCCCCCCCCCC)[N+](C)(C)C. The fourth-order valence-corrected chi connectivity index (χ4v) is 7.72. The first-order valence-electron chi connectivity index (χ1n) is 19.2. The van der Waals surface area contributed by atoms with E-state index < -0.39 is 0 Å². The van der Waals surface area contributed by atoms with E-state index in [1.165, 1.54) is 195 Å². The molecule has 0 aromatic rings. The highest BCUT2D eigenvalue weighted by Crippen LogP contribution is 2.31. The number of hydrogen-bond acceptors (Lipinski definition) is 1. The van der Waals surface area contributed by atoms with E-state index in [0.29, 0.717) is 5.78 Å². The number of unbranched alkanes of at least 4 members (excludes halogenated alkanes) is 25. The smallest absolute Gasteiger partial charge is 0.0775 e. The van der Waals surface area contributed by atoms with Crippen molar-refractivity contribution >= 4 is 8.58 Å². The molecule has 2 unspecified atom stereocenters. The summed E-state index contributed by atoms with van der Waals surface area (Å²) in [6.45, 7) is 4.59. The number of aliphatic hydroxyl groups is 1. The summed E-state index contributed by atoms with van der Waals surface area (Å²) >= 11 is 0. The Morgan fingerprint density at radius 1 is 0.476 bits per heavy atom. The van der Waals surface area contributed by atoms with Crippen molar-refractivity contribution < 1.29 is 9.59 Å². The van der Waals surface area contributed by atoms with E-state index in [2.05, 4.69) is 47.1 Å². The molecular formula is C39H80NOP. The molecule has 0 spiro atoms. The second kappa shape index (κ2) is 32.5. The van der Waals surface area contributed by atoms with Gasteiger partial charge in [-0.05, 0) is 37.9 Å². The topological polar surface area (TPSA) is 20.2 Å². The Labute approximate surface area is 269 Å². The van der Waals surface area contributed by atoms with Crippen LogP contribution in [-0.2, 0) is 0 Å². The number of hydrogen-bond donors (Lipinski definition) is 1. The lowest BCUT2D eigenvalue weighted by molar-refractivity contribution is -0.885. The average Bonchev–Trinajstić information content (AvgIpc) is 2.96. The summed E-state index contributed by atoms with van der Waals surface area (Å²) in [7, 11) is 8.27. The number of aliphatic hydroxyl groups excluding tert-OH is 1. The van der Waals surface area contributed by atoms with Gasteiger partial charge in [0.25, 0.3) is 0 Å². The molecule has 252 valence electrons. The Hall–Kier alpha value is 0.0900. The van der Waals surface area contributed by atoms with Gasteiger partial charge >= 0.3 is 0 Å². The molecule has 0 aromatic heterocycles. The van der Waals surface area contributed by atoms with Crippen LogP contribution in [-0.4, -0.2) is 48.8 Å². The molecule has 0 rings (SSSR count). The summed E-state index contributed by atoms with van der Waals surface area (Å²) in [5.74, 6) is 0.357. The summed E-state index contributed by atoms with van der Waals surface area (Å²) < 4.78 is 0.883. The van der Waals surface area contributed by atoms with Crippen LogP contribution in [0.4, 0.5) is 0 Å². The van der Waals surface area contributed by atoms with Crippen molar-refractivity contribution in [2.24, 2.45) is 0 Å². The Morgan fingerprint density at radius 2 is 0.810 bits per heavy atom. The standard InChI is InChI=1S/C39H80NOP/c1-6-8-10-12-14-16-18-20-22-23-25-27-29-31-33-35-37-42-39(40(3,4)5)38(41)36-34-32-30-28-26-24-21-19-17-15-13-11-9-7-2/h20,22,38-39,41H,6-19,21,23-37H2,1-5H3/b22-20-. The number of quaternary nitrogens is 1. The fraction of sp³-hybridized carbons (Fsp3) is 0.949. The molecule has 0 bridgehead atoms. The monoisotopic (exact) mass is 610 g/mol. The van der Waals surface area contributed by atoms with Crippen molar-refractivity contribution in [1.82, 2.24) is 0 Å². The molecule has 0 aliphatic rings. The van der Waals surface area contributed by atoms with Gasteiger partial charge in [0.15, 0.2) is 0 Å². The first kappa shape index (κ1) is 42.1. The highest BCUT2D eigenvalue weighted by Gasteiger charge is 2.22. The zero-order valence-corrected chi connectivity index (χ0v) is 30.8. The lowest BCUT2D eigenvalue weighted by Crippen LogP contribution is -2.49. The average molecular weight is 610 g/mol. The maximum absolute atomic E-state index is 11.0. The maximum atomic E-state index is 11.0. The minimum absolute atomic E-state index is 0.155. The molecule has 3 heteroatoms. The van der Waals surface area contributed by atoms with Crippen molar-refractivity contribution in [1.29, 1.82) is 0 Å². The van der Waals surface area contributed by atoms with Crippen LogP contribution >= 0.6 is 8.58 Å². The molecule has 0 aliphatic heterocycles. The highest BCUT2D eigenvalue weighted by molar-refractivity contribution is 7.38. The summed E-state index contributed by atoms with van der Waals surface area (Å²) in [4.78, 5) is 0. The third kappa shape index (κ3) is 30.1. The molecule has 0 amide bonds. The second-order valence-corrected chi connectivity index (χ2v) is 15.7. The molecule has 0 radical (unpaired) electrons. The van der Waals surface area contributed by atoms with Gasteiger partial charge in [-0.2, -0.15) is 6.16 Å². The van der Waals surface area contributed by atoms with Crippen molar-refractivity contribution in [2.75, 3.05) is 27.3 Å². The van der Waals surface area contributed by atoms with E-state index >= 15 is 0 Å². The van der Waals surface area contributed by atoms with E-state index in [1.807, 2.05) is 0 Å². The quantitative estimate of drug-likeness (QED) is 0.0333. The number of nitrogens with zero attached hydrogens (tertiary/aromatic N) is 1. The van der Waals surface area contributed by atoms with Crippen molar-refractivity contribution in [3.63, 3.8) is 0 Å². The number of rotatable bonds is 34. The first-order chi connectivity index (χ1) is 20.4. The van der Waals surface area contributed by atoms with Crippen molar-refractivity contribution in [3.05, 3.63) is 12.2 Å². The lowest BCUT2D eigenvalue weighted by Gasteiger charge is -2.46. The molecule has 0 aromatic carbocycles. The zero-order chi connectivity index (χ0) is 31.0. The Morgan fingerprint density at radius 3 is 1.19 bits per heavy atom. The number of likely N-dealkylation sites (N-methyl/N-ethyl adjacent to an activating group) is 1. The van der Waals surface area contributed by atoms with Gasteiger partial charge in [0.05, 0.1) is 27.2 Å². The maximum Gasteiger partial charge on any atom is 0.0775 e. The molecule has 0 heterocycles. The minimum Gasteiger partial charge on any atom is -0.471 e. The number of allylic oxidation sites excluding steroid dienone is 2. The van der Waals surface area contributed by atoms with Crippen LogP contribution in [0, 0.1) is 0 Å². The van der Waals surface area contributed by atoms with Crippen LogP contribution in [0.25, 0.3) is 0 Å². The van der Waals surface area contributed by atoms with Gasteiger partial charge in [-0.15, -0.1) is 0 Å². The van der Waals surface area contributed by atoms with E-state index in [1.54, 1.807) is 0 Å². The second-order valence-electron chi connectivity index (χ2n) is 14.3. The zero-order valence-electron chi connectivity index (χ0n) is 29.9. The van der Waals surface area contributed by atoms with Crippen LogP contribution in [0.3, 0.4) is 0 Å². The minimum atomic E-state index is -0.155. The third-order valence-electron chi connectivity index (χ3n) is 8.98. The van der Waals surface area contributed by atoms with Gasteiger partial charge in [-0.3, -0.25) is 0 Å². The Balaban J connectivity index is 3.67. The van der Waals surface area contributed by atoms with Gasteiger partial charge in [0.2, 0.25) is 0 Å². The normalized spacial score (nSPS) is 14.0. The van der Waals surface area contributed by atoms with Gasteiger partial charge < -0.3 is 18.2 Å². The molecule has 0 aliphatic carbocycles. The van der Waals surface area contributed by atoms with Crippen molar-refractivity contribution in [2.45, 2.75) is 212 Å².